The number of halogens is 2. The quantitative estimate of drug-likeness (QED) is 0.240. The topological polar surface area (TPSA) is 198 Å². The molecule has 0 radical (unpaired) electrons. The zero-order valence-corrected chi connectivity index (χ0v) is 24.4. The number of hydrogen-bond acceptors (Lipinski definition) is 14. The maximum Gasteiger partial charge on any atom is 0.303 e. The molecule has 1 saturated heterocycles. The normalized spacial score (nSPS) is 23.5. The van der Waals surface area contributed by atoms with Gasteiger partial charge in [0.15, 0.2) is 23.8 Å². The number of fused-ring (bicyclic) bond motifs is 1. The lowest BCUT2D eigenvalue weighted by molar-refractivity contribution is -0.299. The molecule has 1 aromatic carbocycles. The summed E-state index contributed by atoms with van der Waals surface area (Å²) in [6.45, 7) is 5.06. The lowest BCUT2D eigenvalue weighted by atomic mass is 9.85. The summed E-state index contributed by atoms with van der Waals surface area (Å²) in [5, 5.41) is 19.9. The third-order valence-corrected chi connectivity index (χ3v) is 6.91. The van der Waals surface area contributed by atoms with Crippen molar-refractivity contribution in [1.29, 1.82) is 0 Å². The highest BCUT2D eigenvalue weighted by Crippen LogP contribution is 2.48. The third-order valence-electron chi connectivity index (χ3n) is 6.08. The summed E-state index contributed by atoms with van der Waals surface area (Å²) < 4.78 is 32.6. The zero-order valence-electron chi connectivity index (χ0n) is 22.9. The molecule has 42 heavy (non-hydrogen) atoms. The second-order valence-corrected chi connectivity index (χ2v) is 9.84. The van der Waals surface area contributed by atoms with E-state index in [1.807, 2.05) is 0 Å². The summed E-state index contributed by atoms with van der Waals surface area (Å²) in [5.41, 5.74) is -1.63. The molecule has 2 aliphatic rings. The van der Waals surface area contributed by atoms with Crippen LogP contribution < -0.4 is 0 Å². The van der Waals surface area contributed by atoms with Crippen LogP contribution in [0.15, 0.2) is 11.3 Å². The summed E-state index contributed by atoms with van der Waals surface area (Å²) in [5.74, 6) is -7.96. The Morgan fingerprint density at radius 2 is 1.24 bits per heavy atom. The van der Waals surface area contributed by atoms with Crippen LogP contribution in [0.1, 0.15) is 61.8 Å². The highest BCUT2D eigenvalue weighted by Gasteiger charge is 2.54. The van der Waals surface area contributed by atoms with Crippen molar-refractivity contribution in [1.82, 2.24) is 0 Å². The van der Waals surface area contributed by atoms with Crippen molar-refractivity contribution < 1.29 is 67.4 Å². The van der Waals surface area contributed by atoms with E-state index in [1.54, 1.807) is 0 Å². The Morgan fingerprint density at radius 3 is 1.71 bits per heavy atom. The Balaban J connectivity index is 2.18. The van der Waals surface area contributed by atoms with Crippen molar-refractivity contribution in [2.24, 2.45) is 0 Å². The molecule has 3 rings (SSSR count). The molecule has 0 amide bonds. The summed E-state index contributed by atoms with van der Waals surface area (Å²) in [7, 11) is 0. The molecule has 0 aromatic heterocycles. The summed E-state index contributed by atoms with van der Waals surface area (Å²) in [6.07, 6.45) is -8.23. The van der Waals surface area contributed by atoms with Crippen molar-refractivity contribution in [3.63, 3.8) is 0 Å². The summed E-state index contributed by atoms with van der Waals surface area (Å²) in [6, 6.07) is 0. The molecule has 1 aliphatic heterocycles. The smallest absolute Gasteiger partial charge is 0.303 e. The van der Waals surface area contributed by atoms with Gasteiger partial charge in [0.1, 0.15) is 34.3 Å². The average molecular weight is 633 g/mol. The van der Waals surface area contributed by atoms with Gasteiger partial charge in [-0.05, 0) is 6.42 Å². The van der Waals surface area contributed by atoms with Gasteiger partial charge in [-0.15, -0.1) is 0 Å². The predicted molar refractivity (Wildman–Crippen MR) is 139 cm³/mol. The number of carbonyl (C=O) groups is 6. The maximum atomic E-state index is 13.6. The van der Waals surface area contributed by atoms with Crippen molar-refractivity contribution in [3.05, 3.63) is 32.5 Å². The molecule has 1 aromatic rings. The van der Waals surface area contributed by atoms with Crippen LogP contribution in [0.2, 0.25) is 10.0 Å². The van der Waals surface area contributed by atoms with Crippen LogP contribution >= 0.6 is 23.2 Å². The minimum absolute atomic E-state index is 0.148. The fourth-order valence-electron chi connectivity index (χ4n) is 4.46. The Morgan fingerprint density at radius 1 is 0.762 bits per heavy atom. The molecule has 228 valence electrons. The van der Waals surface area contributed by atoms with Crippen LogP contribution in [0.25, 0.3) is 0 Å². The second kappa shape index (κ2) is 13.0. The van der Waals surface area contributed by atoms with Gasteiger partial charge in [-0.3, -0.25) is 28.8 Å². The maximum absolute atomic E-state index is 13.6. The lowest BCUT2D eigenvalue weighted by Gasteiger charge is -2.44. The first kappa shape index (κ1) is 32.6. The highest BCUT2D eigenvalue weighted by atomic mass is 35.5. The molecule has 5 atom stereocenters. The summed E-state index contributed by atoms with van der Waals surface area (Å²) in [4.78, 5) is 74.6. The molecule has 14 nitrogen and oxygen atoms in total. The van der Waals surface area contributed by atoms with E-state index < -0.39 is 111 Å². The van der Waals surface area contributed by atoms with Gasteiger partial charge in [-0.1, -0.05) is 30.1 Å². The van der Waals surface area contributed by atoms with Crippen LogP contribution in [0.4, 0.5) is 0 Å². The largest absolute Gasteiger partial charge is 0.506 e. The lowest BCUT2D eigenvalue weighted by Crippen LogP contribution is -2.63. The number of carbonyl (C=O) groups excluding carboxylic acids is 6. The van der Waals surface area contributed by atoms with E-state index in [0.29, 0.717) is 0 Å². The van der Waals surface area contributed by atoms with E-state index in [4.69, 9.17) is 51.6 Å². The first-order chi connectivity index (χ1) is 19.6. The molecule has 1 heterocycles. The number of aromatic hydroxyl groups is 2. The molecule has 1 fully saturated rings. The minimum Gasteiger partial charge on any atom is -0.506 e. The Hall–Kier alpha value is -3.88. The van der Waals surface area contributed by atoms with Crippen molar-refractivity contribution in [2.45, 2.75) is 71.7 Å². The van der Waals surface area contributed by atoms with Crippen LogP contribution in [-0.4, -0.2) is 83.0 Å². The van der Waals surface area contributed by atoms with Crippen LogP contribution in [0.3, 0.4) is 0 Å². The predicted octanol–water partition coefficient (Wildman–Crippen LogP) is 2.55. The fraction of sp³-hybridized carbons (Fsp3) is 0.462. The molecular weight excluding hydrogens is 607 g/mol. The van der Waals surface area contributed by atoms with Gasteiger partial charge in [0.25, 0.3) is 0 Å². The molecule has 0 bridgehead atoms. The van der Waals surface area contributed by atoms with Crippen molar-refractivity contribution in [2.75, 3.05) is 6.61 Å². The number of hydrogen-bond donors (Lipinski definition) is 2. The monoisotopic (exact) mass is 632 g/mol. The van der Waals surface area contributed by atoms with Gasteiger partial charge in [0.05, 0.1) is 11.1 Å². The molecular formula is C26H26Cl2O14. The number of ether oxygens (including phenoxy) is 6. The standard InChI is InChI=1S/C26H26Cl2O14/c1-6-12-18(33)14-15(20(35)17(28)16(27)19(14)34)21(36)22(12)42-26-25(40-11(5)32)24(39-10(4)31)23(38-9(3)30)13(41-26)7-37-8(2)29/h13,23-26,34-35H,6-7H2,1-5H3/t13-,23-,24+,25-,26-/m1/s1. The first-order valence-corrected chi connectivity index (χ1v) is 13.1. The molecule has 1 aliphatic carbocycles. The number of benzene rings is 1. The van der Waals surface area contributed by atoms with Crippen LogP contribution in [-0.2, 0) is 47.6 Å². The highest BCUT2D eigenvalue weighted by molar-refractivity contribution is 6.45. The Kier molecular flexibility index (Phi) is 10.1. The van der Waals surface area contributed by atoms with E-state index in [1.165, 1.54) is 6.92 Å². The average Bonchev–Trinajstić information content (AvgIpc) is 2.89. The van der Waals surface area contributed by atoms with Gasteiger partial charge in [0, 0.05) is 33.3 Å². The molecule has 16 heteroatoms. The SMILES string of the molecule is CCC1=C(O[C@H]2O[C@H](COC(C)=O)[C@@H](OC(C)=O)[C@H](OC(C)=O)[C@H]2OC(C)=O)C(=O)c2c(O)c(Cl)c(Cl)c(O)c2C1=O. The number of allylic oxidation sites excluding steroid dienone is 2. The number of Topliss-reactive ketones (excluding diaryl/α,β-unsaturated/α-hetero) is 2. The molecule has 2 N–H and O–H groups in total. The number of rotatable bonds is 8. The van der Waals surface area contributed by atoms with Crippen molar-refractivity contribution >= 4 is 58.6 Å². The van der Waals surface area contributed by atoms with Gasteiger partial charge in [0.2, 0.25) is 18.2 Å². The Labute approximate surface area is 248 Å². The van der Waals surface area contributed by atoms with Gasteiger partial charge < -0.3 is 38.6 Å². The number of phenols is 2. The van der Waals surface area contributed by atoms with Gasteiger partial charge >= 0.3 is 23.9 Å². The van der Waals surface area contributed by atoms with E-state index in [2.05, 4.69) is 0 Å². The van der Waals surface area contributed by atoms with Gasteiger partial charge in [-0.25, -0.2) is 0 Å². The Bertz CT molecular complexity index is 1380. The van der Waals surface area contributed by atoms with E-state index in [-0.39, 0.29) is 12.0 Å². The molecule has 0 spiro atoms. The minimum atomic E-state index is -1.85. The van der Waals surface area contributed by atoms with E-state index in [9.17, 15) is 39.0 Å². The number of ketones is 2. The molecule has 0 saturated carbocycles. The van der Waals surface area contributed by atoms with E-state index >= 15 is 0 Å². The second-order valence-electron chi connectivity index (χ2n) is 9.08. The number of esters is 4. The van der Waals surface area contributed by atoms with Crippen molar-refractivity contribution in [3.8, 4) is 11.5 Å². The van der Waals surface area contributed by atoms with Gasteiger partial charge in [-0.2, -0.15) is 0 Å². The first-order valence-electron chi connectivity index (χ1n) is 12.3. The third kappa shape index (κ3) is 6.45. The van der Waals surface area contributed by atoms with E-state index in [0.717, 1.165) is 27.7 Å². The van der Waals surface area contributed by atoms with Crippen LogP contribution in [0, 0.1) is 0 Å². The fourth-order valence-corrected chi connectivity index (χ4v) is 4.82. The number of phenolic OH excluding ortho intramolecular Hbond substituents is 2. The van der Waals surface area contributed by atoms with Crippen LogP contribution in [0.5, 0.6) is 11.5 Å². The molecule has 0 unspecified atom stereocenters. The zero-order chi connectivity index (χ0) is 31.6. The summed E-state index contributed by atoms with van der Waals surface area (Å²) >= 11 is 11.9.